The van der Waals surface area contributed by atoms with E-state index in [4.69, 9.17) is 52.4 Å². The number of imidazole rings is 1. The van der Waals surface area contributed by atoms with E-state index >= 15 is 4.79 Å². The Morgan fingerprint density at radius 1 is 0.735 bits per heavy atom. The quantitative estimate of drug-likeness (QED) is 0.0165. The third-order valence-corrected chi connectivity index (χ3v) is 18.4. The Morgan fingerprint density at radius 3 is 2.08 bits per heavy atom. The number of aromatic amines is 1. The number of H-pyrrole nitrogens is 1. The van der Waals surface area contributed by atoms with Crippen molar-refractivity contribution in [2.75, 3.05) is 45.1 Å². The summed E-state index contributed by atoms with van der Waals surface area (Å²) in [7, 11) is 0. The Balaban J connectivity index is 1.08. The van der Waals surface area contributed by atoms with Gasteiger partial charge >= 0.3 is 6.09 Å². The highest BCUT2D eigenvalue weighted by atomic mass is 32.1. The van der Waals surface area contributed by atoms with Crippen molar-refractivity contribution in [1.82, 2.24) is 67.1 Å². The number of aliphatic hydroxyl groups is 8. The standard InChI is InChI=1S/C61H88N18O21S2/c1-24-39(76-52(79-50(24)64)31(16-37(63)83)71-17-30(62)51(65)89)56(93)78-41(47(32-18-67-23-72-32)98-60-49(45(87)43(85)35(19-80)97-60)99-59-46(88)48(100-61(66)95)44(86)36(20-81)96-59)57(94)73-27(4)42(84)25(2)53(90)77-40(28(5)82)55(92)70-15-12-38-74-34(22-101-38)58-75-33(21-102-58)54(91)69-14-9-13-68-26(3)29-10-7-6-8-11-29/h6-8,10-11,18,21-23,25-28,30-31,35-36,40-49,59-60,68,71,80-82,84-88H,9,12-17,19-20,62H2,1-5H3,(H2,63,83)(H2,65,89)(H2,66,95)(H,67,72)(H,69,91)(H,70,92)(H,73,94)(H,77,90)(H,78,93)(H2,64,76,79)/t25-,26-,27+,28?,30-,31-,35-,36+,40-,41-,42-,43+,44+,45-,46-,47?,48-,49-,59+,60-/m0/s1. The number of ether oxygens (including phenoxy) is 5. The van der Waals surface area contributed by atoms with Crippen molar-refractivity contribution in [3.8, 4) is 10.7 Å². The molecule has 4 aromatic heterocycles. The molecule has 20 atom stereocenters. The van der Waals surface area contributed by atoms with Crippen LogP contribution in [0.3, 0.4) is 0 Å². The SMILES string of the molecule is Cc1c(N)nc([C@H](CC(N)=O)NC[C@H](N)C(N)=O)nc1C(=O)N[C@H](C(=O)N[C@H](C)[C@@H](O)[C@H](C)C(=O)N[C@H](C(=O)NCCc1nc(-c2nc(C(=O)NCCCN[C@@H](C)c3ccccc3)cs2)cs1)C(C)O)C(O[C@@H]1O[C@@H](CO)[C@@H](O)[C@H](O)[C@@H]1O[C@H]1O[C@H](CO)[C@@H](O)[C@H](OC(N)=O)[C@@H]1O)c1cnc[nH]1. The van der Waals surface area contributed by atoms with Crippen molar-refractivity contribution in [3.63, 3.8) is 0 Å². The number of nitrogens with two attached hydrogens (primary N) is 5. The molecule has 0 aliphatic carbocycles. The lowest BCUT2D eigenvalue weighted by molar-refractivity contribution is -0.372. The number of hydrogen-bond donors (Lipinski definition) is 21. The average molecular weight is 1470 g/mol. The first-order chi connectivity index (χ1) is 48.4. The van der Waals surface area contributed by atoms with Crippen LogP contribution in [0, 0.1) is 12.8 Å². The fraction of sp³-hybridized carbons (Fsp3) is 0.557. The van der Waals surface area contributed by atoms with Crippen LogP contribution in [0.4, 0.5) is 10.6 Å². The molecule has 41 heteroatoms. The van der Waals surface area contributed by atoms with Gasteiger partial charge in [0.2, 0.25) is 29.5 Å². The molecular formula is C61H88N18O21S2. The molecule has 0 radical (unpaired) electrons. The van der Waals surface area contributed by atoms with Gasteiger partial charge in [0, 0.05) is 54.8 Å². The van der Waals surface area contributed by atoms with Gasteiger partial charge in [0.15, 0.2) is 18.7 Å². The summed E-state index contributed by atoms with van der Waals surface area (Å²) < 4.78 is 28.8. The average Bonchev–Trinajstić information content (AvgIpc) is 1.13. The van der Waals surface area contributed by atoms with Crippen molar-refractivity contribution >= 4 is 75.9 Å². The summed E-state index contributed by atoms with van der Waals surface area (Å²) >= 11 is 2.50. The molecule has 2 saturated heterocycles. The number of primary amides is 3. The van der Waals surface area contributed by atoms with Gasteiger partial charge in [0.25, 0.3) is 11.8 Å². The number of hydrogen-bond acceptors (Lipinski definition) is 32. The first-order valence-electron chi connectivity index (χ1n) is 32.2. The molecule has 39 nitrogen and oxygen atoms in total. The summed E-state index contributed by atoms with van der Waals surface area (Å²) in [5, 5.41) is 112. The van der Waals surface area contributed by atoms with Crippen molar-refractivity contribution in [1.29, 1.82) is 0 Å². The topological polar surface area (TPSA) is 639 Å². The molecule has 26 N–H and O–H groups in total. The van der Waals surface area contributed by atoms with E-state index in [9.17, 15) is 74.4 Å². The number of rotatable bonds is 37. The number of benzene rings is 1. The van der Waals surface area contributed by atoms with Crippen LogP contribution in [-0.2, 0) is 54.1 Å². The normalized spacial score (nSPS) is 23.5. The minimum atomic E-state index is -2.20. The number of thiazole rings is 2. The Bertz CT molecular complexity index is 3620. The number of carbonyl (C=O) groups excluding carboxylic acids is 8. The summed E-state index contributed by atoms with van der Waals surface area (Å²) in [5.41, 5.74) is 29.2. The molecule has 2 unspecified atom stereocenters. The number of aromatic nitrogens is 6. The second-order valence-electron chi connectivity index (χ2n) is 24.2. The molecule has 2 aliphatic rings. The van der Waals surface area contributed by atoms with Gasteiger partial charge in [-0.15, -0.1) is 22.7 Å². The van der Waals surface area contributed by atoms with Crippen LogP contribution in [0.1, 0.15) is 107 Å². The second kappa shape index (κ2) is 37.6. The number of nitrogen functional groups attached to an aromatic ring is 1. The van der Waals surface area contributed by atoms with Gasteiger partial charge in [-0.2, -0.15) is 0 Å². The number of anilines is 1. The molecule has 560 valence electrons. The van der Waals surface area contributed by atoms with E-state index in [1.807, 2.05) is 30.3 Å². The zero-order valence-electron chi connectivity index (χ0n) is 55.9. The van der Waals surface area contributed by atoms with Crippen LogP contribution < -0.4 is 65.9 Å². The fourth-order valence-corrected chi connectivity index (χ4v) is 12.3. The lowest BCUT2D eigenvalue weighted by Gasteiger charge is -2.47. The van der Waals surface area contributed by atoms with Crippen molar-refractivity contribution in [2.45, 2.75) is 170 Å². The maximum Gasteiger partial charge on any atom is 0.404 e. The van der Waals surface area contributed by atoms with Gasteiger partial charge < -0.3 is 135 Å². The molecule has 8 amide bonds. The molecular weight excluding hydrogens is 1380 g/mol. The maximum absolute atomic E-state index is 15.2. The van der Waals surface area contributed by atoms with Crippen molar-refractivity contribution in [2.24, 2.45) is 28.9 Å². The zero-order valence-corrected chi connectivity index (χ0v) is 57.6. The van der Waals surface area contributed by atoms with E-state index in [-0.39, 0.29) is 60.1 Å². The second-order valence-corrected chi connectivity index (χ2v) is 26.0. The molecule has 5 aromatic rings. The number of aliphatic hydroxyl groups excluding tert-OH is 8. The van der Waals surface area contributed by atoms with Gasteiger partial charge in [-0.25, -0.2) is 29.7 Å². The van der Waals surface area contributed by atoms with Crippen molar-refractivity contribution < 1.29 is 103 Å². The summed E-state index contributed by atoms with van der Waals surface area (Å²) in [6.45, 7) is 5.81. The van der Waals surface area contributed by atoms with E-state index in [0.29, 0.717) is 35.2 Å². The van der Waals surface area contributed by atoms with Gasteiger partial charge in [-0.05, 0) is 46.2 Å². The molecule has 2 aliphatic heterocycles. The van der Waals surface area contributed by atoms with Gasteiger partial charge in [-0.1, -0.05) is 37.3 Å². The summed E-state index contributed by atoms with van der Waals surface area (Å²) in [6, 6.07) is 2.26. The van der Waals surface area contributed by atoms with Crippen LogP contribution in [0.15, 0.2) is 53.6 Å². The minimum Gasteiger partial charge on any atom is -0.441 e. The first-order valence-corrected chi connectivity index (χ1v) is 33.9. The number of carbonyl (C=O) groups is 8. The molecule has 0 spiro atoms. The largest absolute Gasteiger partial charge is 0.441 e. The Kier molecular flexibility index (Phi) is 29.8. The molecule has 0 saturated carbocycles. The third-order valence-electron chi connectivity index (χ3n) is 16.7. The maximum atomic E-state index is 15.2. The smallest absolute Gasteiger partial charge is 0.404 e. The summed E-state index contributed by atoms with van der Waals surface area (Å²) in [5.74, 6) is -8.75. The molecule has 6 heterocycles. The minimum absolute atomic E-state index is 0.0169. The zero-order chi connectivity index (χ0) is 74.8. The van der Waals surface area contributed by atoms with Gasteiger partial charge in [0.05, 0.1) is 72.7 Å². The Morgan fingerprint density at radius 2 is 1.43 bits per heavy atom. The molecule has 0 bridgehead atoms. The van der Waals surface area contributed by atoms with E-state index in [2.05, 4.69) is 74.0 Å². The van der Waals surface area contributed by atoms with Crippen LogP contribution in [-0.4, -0.2) is 255 Å². The lowest BCUT2D eigenvalue weighted by Crippen LogP contribution is -2.65. The third kappa shape index (κ3) is 21.3. The number of amides is 8. The van der Waals surface area contributed by atoms with E-state index < -0.39 is 183 Å². The fourth-order valence-electron chi connectivity index (χ4n) is 10.7. The van der Waals surface area contributed by atoms with E-state index in [1.54, 1.807) is 10.8 Å². The predicted molar refractivity (Wildman–Crippen MR) is 358 cm³/mol. The van der Waals surface area contributed by atoms with Gasteiger partial charge in [-0.3, -0.25) is 33.6 Å². The number of nitrogens with one attached hydrogen (secondary N) is 8. The molecule has 1 aromatic carbocycles. The molecule has 102 heavy (non-hydrogen) atoms. The molecule has 2 fully saturated rings. The molecule has 7 rings (SSSR count). The van der Waals surface area contributed by atoms with Crippen LogP contribution in [0.5, 0.6) is 0 Å². The highest BCUT2D eigenvalue weighted by Crippen LogP contribution is 2.35. The van der Waals surface area contributed by atoms with Crippen molar-refractivity contribution in [3.05, 3.63) is 92.7 Å². The number of nitrogens with zero attached hydrogens (tertiary/aromatic N) is 5. The highest BCUT2D eigenvalue weighted by Gasteiger charge is 2.54. The monoisotopic (exact) mass is 1470 g/mol. The first kappa shape index (κ1) is 80.8. The van der Waals surface area contributed by atoms with E-state index in [0.717, 1.165) is 18.1 Å². The van der Waals surface area contributed by atoms with Crippen LogP contribution in [0.25, 0.3) is 10.7 Å². The Hall–Kier alpha value is -8.47. The highest BCUT2D eigenvalue weighted by molar-refractivity contribution is 7.14. The summed E-state index contributed by atoms with van der Waals surface area (Å²) in [4.78, 5) is 131. The van der Waals surface area contributed by atoms with Gasteiger partial charge in [0.1, 0.15) is 94.6 Å². The lowest BCUT2D eigenvalue weighted by atomic mass is 9.96. The van der Waals surface area contributed by atoms with E-state index in [1.165, 1.54) is 50.4 Å². The predicted octanol–water partition coefficient (Wildman–Crippen LogP) is -6.23. The Labute approximate surface area is 590 Å². The van der Waals surface area contributed by atoms with Crippen LogP contribution in [0.2, 0.25) is 0 Å². The van der Waals surface area contributed by atoms with Crippen LogP contribution >= 0.6 is 22.7 Å². The summed E-state index contributed by atoms with van der Waals surface area (Å²) in [6.07, 6.45) is -24.5.